The van der Waals surface area contributed by atoms with Gasteiger partial charge in [0.2, 0.25) is 5.90 Å². The SMILES string of the molecule is CCOC(=N)c1ccccc1OC(F)(F)F. The van der Waals surface area contributed by atoms with E-state index in [2.05, 4.69) is 4.74 Å². The number of hydrogen-bond donors (Lipinski definition) is 1. The first-order valence-corrected chi connectivity index (χ1v) is 4.50. The van der Waals surface area contributed by atoms with Gasteiger partial charge in [0.05, 0.1) is 12.2 Å². The number of halogens is 3. The maximum atomic E-state index is 12.0. The van der Waals surface area contributed by atoms with E-state index in [0.717, 1.165) is 6.07 Å². The third kappa shape index (κ3) is 3.45. The number of ether oxygens (including phenoxy) is 2. The van der Waals surface area contributed by atoms with Gasteiger partial charge in [-0.1, -0.05) is 12.1 Å². The Labute approximate surface area is 90.3 Å². The molecule has 0 spiro atoms. The van der Waals surface area contributed by atoms with Gasteiger partial charge in [-0.25, -0.2) is 0 Å². The highest BCUT2D eigenvalue weighted by Crippen LogP contribution is 2.26. The Bertz CT molecular complexity index is 377. The van der Waals surface area contributed by atoms with Gasteiger partial charge in [-0.05, 0) is 19.1 Å². The Hall–Kier alpha value is -1.72. The molecule has 0 unspecified atom stereocenters. The smallest absolute Gasteiger partial charge is 0.478 e. The lowest BCUT2D eigenvalue weighted by Gasteiger charge is -2.13. The Kier molecular flexibility index (Phi) is 3.76. The molecule has 16 heavy (non-hydrogen) atoms. The van der Waals surface area contributed by atoms with E-state index in [9.17, 15) is 13.2 Å². The average Bonchev–Trinajstić information content (AvgIpc) is 2.16. The van der Waals surface area contributed by atoms with Crippen LogP contribution in [0.25, 0.3) is 0 Å². The Morgan fingerprint density at radius 1 is 1.31 bits per heavy atom. The zero-order valence-corrected chi connectivity index (χ0v) is 8.47. The highest BCUT2D eigenvalue weighted by atomic mass is 19.4. The summed E-state index contributed by atoms with van der Waals surface area (Å²) in [6.45, 7) is 1.85. The molecule has 0 aliphatic rings. The van der Waals surface area contributed by atoms with E-state index in [4.69, 9.17) is 10.1 Å². The van der Waals surface area contributed by atoms with E-state index in [1.165, 1.54) is 18.2 Å². The van der Waals surface area contributed by atoms with Crippen molar-refractivity contribution in [3.05, 3.63) is 29.8 Å². The van der Waals surface area contributed by atoms with Gasteiger partial charge in [-0.3, -0.25) is 5.41 Å². The molecular formula is C10H10F3NO2. The molecule has 6 heteroatoms. The van der Waals surface area contributed by atoms with Crippen LogP contribution < -0.4 is 4.74 Å². The van der Waals surface area contributed by atoms with Crippen molar-refractivity contribution in [3.63, 3.8) is 0 Å². The van der Waals surface area contributed by atoms with E-state index >= 15 is 0 Å². The molecule has 0 amide bonds. The number of alkyl halides is 3. The molecular weight excluding hydrogens is 223 g/mol. The normalized spacial score (nSPS) is 11.0. The lowest BCUT2D eigenvalue weighted by Crippen LogP contribution is -2.19. The number of benzene rings is 1. The van der Waals surface area contributed by atoms with Crippen LogP contribution in [-0.2, 0) is 4.74 Å². The zero-order valence-electron chi connectivity index (χ0n) is 8.47. The third-order valence-electron chi connectivity index (χ3n) is 1.65. The van der Waals surface area contributed by atoms with Crippen LogP contribution in [0.15, 0.2) is 24.3 Å². The molecule has 0 fully saturated rings. The molecule has 88 valence electrons. The van der Waals surface area contributed by atoms with Gasteiger partial charge in [-0.15, -0.1) is 13.2 Å². The Morgan fingerprint density at radius 3 is 2.50 bits per heavy atom. The second-order valence-corrected chi connectivity index (χ2v) is 2.81. The van der Waals surface area contributed by atoms with Crippen molar-refractivity contribution in [2.45, 2.75) is 13.3 Å². The summed E-state index contributed by atoms with van der Waals surface area (Å²) in [4.78, 5) is 0. The summed E-state index contributed by atoms with van der Waals surface area (Å²) in [7, 11) is 0. The van der Waals surface area contributed by atoms with Crippen LogP contribution in [0.2, 0.25) is 0 Å². The Balaban J connectivity index is 2.96. The van der Waals surface area contributed by atoms with Crippen molar-refractivity contribution in [1.29, 1.82) is 5.41 Å². The third-order valence-corrected chi connectivity index (χ3v) is 1.65. The van der Waals surface area contributed by atoms with Crippen LogP contribution in [0.5, 0.6) is 5.75 Å². The highest BCUT2D eigenvalue weighted by molar-refractivity contribution is 5.94. The molecule has 0 atom stereocenters. The van der Waals surface area contributed by atoms with Gasteiger partial charge in [0.15, 0.2) is 0 Å². The molecule has 0 saturated carbocycles. The molecule has 1 N–H and O–H groups in total. The minimum Gasteiger partial charge on any atom is -0.478 e. The molecule has 0 bridgehead atoms. The summed E-state index contributed by atoms with van der Waals surface area (Å²) in [5.74, 6) is -0.782. The summed E-state index contributed by atoms with van der Waals surface area (Å²) in [6, 6.07) is 5.37. The van der Waals surface area contributed by atoms with Crippen LogP contribution in [-0.4, -0.2) is 18.9 Å². The minimum absolute atomic E-state index is 0.0262. The monoisotopic (exact) mass is 233 g/mol. The summed E-state index contributed by atoms with van der Waals surface area (Å²) in [5.41, 5.74) is -0.0262. The van der Waals surface area contributed by atoms with Gasteiger partial charge < -0.3 is 9.47 Å². The van der Waals surface area contributed by atoms with E-state index in [0.29, 0.717) is 0 Å². The van der Waals surface area contributed by atoms with Crippen LogP contribution in [0.1, 0.15) is 12.5 Å². The molecule has 0 radical (unpaired) electrons. The van der Waals surface area contributed by atoms with Crippen molar-refractivity contribution in [1.82, 2.24) is 0 Å². The average molecular weight is 233 g/mol. The van der Waals surface area contributed by atoms with Gasteiger partial charge in [0.25, 0.3) is 0 Å². The lowest BCUT2D eigenvalue weighted by atomic mass is 10.2. The number of nitrogens with one attached hydrogen (secondary N) is 1. The van der Waals surface area contributed by atoms with Gasteiger partial charge in [0, 0.05) is 0 Å². The van der Waals surface area contributed by atoms with Crippen LogP contribution in [0.3, 0.4) is 0 Å². The summed E-state index contributed by atoms with van der Waals surface area (Å²) < 4.78 is 44.7. The van der Waals surface area contributed by atoms with Gasteiger partial charge in [0.1, 0.15) is 5.75 Å². The number of hydrogen-bond acceptors (Lipinski definition) is 3. The summed E-state index contributed by atoms with van der Waals surface area (Å²) in [5, 5.41) is 7.41. The van der Waals surface area contributed by atoms with Gasteiger partial charge in [-0.2, -0.15) is 0 Å². The maximum absolute atomic E-state index is 12.0. The van der Waals surface area contributed by atoms with E-state index in [-0.39, 0.29) is 18.1 Å². The van der Waals surface area contributed by atoms with Crippen molar-refractivity contribution >= 4 is 5.90 Å². The number of para-hydroxylation sites is 1. The maximum Gasteiger partial charge on any atom is 0.573 e. The second-order valence-electron chi connectivity index (χ2n) is 2.81. The van der Waals surface area contributed by atoms with E-state index in [1.807, 2.05) is 0 Å². The quantitative estimate of drug-likeness (QED) is 0.644. The molecule has 0 heterocycles. The fourth-order valence-electron chi connectivity index (χ4n) is 1.09. The first-order valence-electron chi connectivity index (χ1n) is 4.50. The largest absolute Gasteiger partial charge is 0.573 e. The fourth-order valence-corrected chi connectivity index (χ4v) is 1.09. The van der Waals surface area contributed by atoms with Crippen molar-refractivity contribution < 1.29 is 22.6 Å². The Morgan fingerprint density at radius 2 is 1.94 bits per heavy atom. The first kappa shape index (κ1) is 12.4. The van der Waals surface area contributed by atoms with E-state index < -0.39 is 12.1 Å². The molecule has 0 aromatic heterocycles. The standard InChI is InChI=1S/C10H10F3NO2/c1-2-15-9(14)7-5-3-4-6-8(7)16-10(11,12)13/h3-6,14H,2H2,1H3. The summed E-state index contributed by atoms with van der Waals surface area (Å²) >= 11 is 0. The lowest BCUT2D eigenvalue weighted by molar-refractivity contribution is -0.274. The molecule has 1 rings (SSSR count). The molecule has 3 nitrogen and oxygen atoms in total. The zero-order chi connectivity index (χ0) is 12.2. The van der Waals surface area contributed by atoms with Crippen molar-refractivity contribution in [2.24, 2.45) is 0 Å². The number of rotatable bonds is 3. The molecule has 0 aliphatic heterocycles. The molecule has 0 aliphatic carbocycles. The van der Waals surface area contributed by atoms with E-state index in [1.54, 1.807) is 6.92 Å². The van der Waals surface area contributed by atoms with Crippen LogP contribution >= 0.6 is 0 Å². The van der Waals surface area contributed by atoms with Crippen LogP contribution in [0.4, 0.5) is 13.2 Å². The van der Waals surface area contributed by atoms with Gasteiger partial charge >= 0.3 is 6.36 Å². The van der Waals surface area contributed by atoms with Crippen molar-refractivity contribution in [3.8, 4) is 5.75 Å². The fraction of sp³-hybridized carbons (Fsp3) is 0.300. The topological polar surface area (TPSA) is 42.3 Å². The summed E-state index contributed by atoms with van der Waals surface area (Å²) in [6.07, 6.45) is -4.78. The van der Waals surface area contributed by atoms with Crippen LogP contribution in [0, 0.1) is 5.41 Å². The second kappa shape index (κ2) is 4.87. The van der Waals surface area contributed by atoms with Crippen molar-refractivity contribution in [2.75, 3.05) is 6.61 Å². The molecule has 1 aromatic rings. The predicted molar refractivity (Wildman–Crippen MR) is 51.6 cm³/mol. The molecule has 1 aromatic carbocycles. The highest BCUT2D eigenvalue weighted by Gasteiger charge is 2.32. The predicted octanol–water partition coefficient (Wildman–Crippen LogP) is 2.95. The molecule has 0 saturated heterocycles. The first-order chi connectivity index (χ1) is 7.44. The minimum atomic E-state index is -4.78.